The molecule has 2 rings (SSSR count). The third-order valence-electron chi connectivity index (χ3n) is 3.99. The molecule has 0 radical (unpaired) electrons. The number of hydrogen-bond donors (Lipinski definition) is 1. The second-order valence-corrected chi connectivity index (χ2v) is 6.32. The Kier molecular flexibility index (Phi) is 4.33. The highest BCUT2D eigenvalue weighted by atomic mass is 79.9. The Hall–Kier alpha value is -0.540. The Morgan fingerprint density at radius 3 is 2.94 bits per heavy atom. The maximum atomic E-state index is 3.74. The summed E-state index contributed by atoms with van der Waals surface area (Å²) in [7, 11) is 0. The zero-order chi connectivity index (χ0) is 13.2. The van der Waals surface area contributed by atoms with Gasteiger partial charge in [0.05, 0.1) is 5.69 Å². The van der Waals surface area contributed by atoms with E-state index in [0.29, 0.717) is 0 Å². The minimum absolute atomic E-state index is 0.222. The molecule has 1 atom stereocenters. The first-order valence-electron chi connectivity index (χ1n) is 6.81. The maximum Gasteiger partial charge on any atom is 0.0514 e. The highest BCUT2D eigenvalue weighted by molar-refractivity contribution is 9.10. The third-order valence-corrected chi connectivity index (χ3v) is 5.02. The molecule has 18 heavy (non-hydrogen) atoms. The second kappa shape index (κ2) is 5.62. The Balaban J connectivity index is 2.28. The number of aryl methyl sites for hydroxylation is 1. The molecule has 0 spiro atoms. The van der Waals surface area contributed by atoms with E-state index in [0.717, 1.165) is 26.1 Å². The molecule has 3 heteroatoms. The van der Waals surface area contributed by atoms with Crippen LogP contribution in [0.3, 0.4) is 0 Å². The number of hydrogen-bond acceptors (Lipinski definition) is 2. The summed E-state index contributed by atoms with van der Waals surface area (Å²) in [6.07, 6.45) is 2.36. The van der Waals surface area contributed by atoms with Crippen LogP contribution < -0.4 is 10.2 Å². The molecule has 1 saturated heterocycles. The van der Waals surface area contributed by atoms with E-state index in [4.69, 9.17) is 0 Å². The Morgan fingerprint density at radius 2 is 2.22 bits per heavy atom. The van der Waals surface area contributed by atoms with E-state index in [9.17, 15) is 0 Å². The van der Waals surface area contributed by atoms with Crippen LogP contribution in [0.1, 0.15) is 32.3 Å². The summed E-state index contributed by atoms with van der Waals surface area (Å²) in [5, 5.41) is 3.68. The molecule has 1 unspecified atom stereocenters. The minimum Gasteiger partial charge on any atom is -0.369 e. The van der Waals surface area contributed by atoms with Crippen LogP contribution in [0, 0.1) is 6.92 Å². The van der Waals surface area contributed by atoms with Gasteiger partial charge in [-0.1, -0.05) is 19.1 Å². The average molecular weight is 311 g/mol. The van der Waals surface area contributed by atoms with Gasteiger partial charge in [-0.3, -0.25) is 0 Å². The van der Waals surface area contributed by atoms with Crippen molar-refractivity contribution in [2.75, 3.05) is 24.5 Å². The van der Waals surface area contributed by atoms with Crippen molar-refractivity contribution < 1.29 is 0 Å². The Labute approximate surface area is 119 Å². The fraction of sp³-hybridized carbons (Fsp3) is 0.600. The Bertz CT molecular complexity index is 419. The number of halogens is 1. The van der Waals surface area contributed by atoms with Crippen molar-refractivity contribution in [3.05, 3.63) is 28.2 Å². The number of rotatable bonds is 2. The smallest absolute Gasteiger partial charge is 0.0514 e. The predicted octanol–water partition coefficient (Wildman–Crippen LogP) is 3.73. The highest BCUT2D eigenvalue weighted by Gasteiger charge is 2.27. The van der Waals surface area contributed by atoms with Crippen LogP contribution in [0.2, 0.25) is 0 Å². The topological polar surface area (TPSA) is 15.3 Å². The molecule has 1 aliphatic rings. The van der Waals surface area contributed by atoms with Crippen molar-refractivity contribution in [2.24, 2.45) is 0 Å². The molecule has 1 aromatic carbocycles. The molecule has 0 amide bonds. The first-order chi connectivity index (χ1) is 8.56. The van der Waals surface area contributed by atoms with Gasteiger partial charge in [0, 0.05) is 23.1 Å². The van der Waals surface area contributed by atoms with Gasteiger partial charge in [0.25, 0.3) is 0 Å². The predicted molar refractivity (Wildman–Crippen MR) is 82.4 cm³/mol. The van der Waals surface area contributed by atoms with Crippen molar-refractivity contribution in [3.63, 3.8) is 0 Å². The van der Waals surface area contributed by atoms with Crippen molar-refractivity contribution in [3.8, 4) is 0 Å². The lowest BCUT2D eigenvalue weighted by atomic mass is 9.98. The first kappa shape index (κ1) is 13.9. The van der Waals surface area contributed by atoms with Gasteiger partial charge >= 0.3 is 0 Å². The number of anilines is 1. The standard InChI is InChI=1S/C15H23BrN2/c1-4-15(3)11-18(10-6-9-17-15)13-8-5-7-12(2)14(13)16/h5,7-8,17H,4,6,9-11H2,1-3H3. The molecule has 1 heterocycles. The third kappa shape index (κ3) is 2.89. The summed E-state index contributed by atoms with van der Waals surface area (Å²) in [4.78, 5) is 2.51. The average Bonchev–Trinajstić information content (AvgIpc) is 2.56. The normalized spacial score (nSPS) is 25.0. The quantitative estimate of drug-likeness (QED) is 0.895. The van der Waals surface area contributed by atoms with Gasteiger partial charge in [-0.2, -0.15) is 0 Å². The van der Waals surface area contributed by atoms with Gasteiger partial charge in [-0.15, -0.1) is 0 Å². The summed E-state index contributed by atoms with van der Waals surface area (Å²) < 4.78 is 1.24. The summed E-state index contributed by atoms with van der Waals surface area (Å²) in [6, 6.07) is 6.53. The van der Waals surface area contributed by atoms with E-state index >= 15 is 0 Å². The molecule has 1 N–H and O–H groups in total. The molecule has 1 aromatic rings. The van der Waals surface area contributed by atoms with E-state index in [-0.39, 0.29) is 5.54 Å². The van der Waals surface area contributed by atoms with Crippen molar-refractivity contribution in [1.82, 2.24) is 5.32 Å². The fourth-order valence-corrected chi connectivity index (χ4v) is 3.05. The zero-order valence-corrected chi connectivity index (χ0v) is 13.2. The second-order valence-electron chi connectivity index (χ2n) is 5.52. The summed E-state index contributed by atoms with van der Waals surface area (Å²) in [5.74, 6) is 0. The number of nitrogens with zero attached hydrogens (tertiary/aromatic N) is 1. The van der Waals surface area contributed by atoms with Crippen molar-refractivity contribution in [2.45, 2.75) is 39.2 Å². The van der Waals surface area contributed by atoms with Crippen LogP contribution in [-0.2, 0) is 0 Å². The molecule has 2 nitrogen and oxygen atoms in total. The van der Waals surface area contributed by atoms with Gasteiger partial charge in [0.15, 0.2) is 0 Å². The van der Waals surface area contributed by atoms with Gasteiger partial charge in [0.2, 0.25) is 0 Å². The van der Waals surface area contributed by atoms with Gasteiger partial charge in [-0.25, -0.2) is 0 Å². The summed E-state index contributed by atoms with van der Waals surface area (Å²) >= 11 is 3.74. The van der Waals surface area contributed by atoms with Crippen LogP contribution in [0.15, 0.2) is 22.7 Å². The SMILES string of the molecule is CCC1(C)CN(c2cccc(C)c2Br)CCCN1. The summed E-state index contributed by atoms with van der Waals surface area (Å²) in [5.41, 5.74) is 2.86. The van der Waals surface area contributed by atoms with Gasteiger partial charge < -0.3 is 10.2 Å². The molecule has 0 aliphatic carbocycles. The monoisotopic (exact) mass is 310 g/mol. The molecule has 0 saturated carbocycles. The van der Waals surface area contributed by atoms with E-state index in [1.807, 2.05) is 0 Å². The number of benzene rings is 1. The summed E-state index contributed by atoms with van der Waals surface area (Å²) in [6.45, 7) is 10.1. The highest BCUT2D eigenvalue weighted by Crippen LogP contribution is 2.31. The van der Waals surface area contributed by atoms with Crippen LogP contribution in [0.25, 0.3) is 0 Å². The van der Waals surface area contributed by atoms with Crippen LogP contribution in [-0.4, -0.2) is 25.2 Å². The molecular weight excluding hydrogens is 288 g/mol. The van der Waals surface area contributed by atoms with Crippen LogP contribution in [0.4, 0.5) is 5.69 Å². The van der Waals surface area contributed by atoms with Crippen LogP contribution >= 0.6 is 15.9 Å². The fourth-order valence-electron chi connectivity index (χ4n) is 2.53. The molecule has 0 bridgehead atoms. The van der Waals surface area contributed by atoms with Gasteiger partial charge in [0.1, 0.15) is 0 Å². The zero-order valence-electron chi connectivity index (χ0n) is 11.6. The molecule has 0 aromatic heterocycles. The van der Waals surface area contributed by atoms with Gasteiger partial charge in [-0.05, 0) is 60.8 Å². The minimum atomic E-state index is 0.222. The number of nitrogens with one attached hydrogen (secondary N) is 1. The van der Waals surface area contributed by atoms with Crippen molar-refractivity contribution in [1.29, 1.82) is 0 Å². The van der Waals surface area contributed by atoms with Crippen LogP contribution in [0.5, 0.6) is 0 Å². The molecule has 1 aliphatic heterocycles. The van der Waals surface area contributed by atoms with E-state index in [2.05, 4.69) is 65.1 Å². The Morgan fingerprint density at radius 1 is 1.44 bits per heavy atom. The maximum absolute atomic E-state index is 3.74. The lowest BCUT2D eigenvalue weighted by molar-refractivity contribution is 0.366. The van der Waals surface area contributed by atoms with Crippen molar-refractivity contribution >= 4 is 21.6 Å². The van der Waals surface area contributed by atoms with E-state index in [1.54, 1.807) is 0 Å². The molecule has 1 fully saturated rings. The van der Waals surface area contributed by atoms with E-state index < -0.39 is 0 Å². The first-order valence-corrected chi connectivity index (χ1v) is 7.60. The lowest BCUT2D eigenvalue weighted by Crippen LogP contribution is -2.48. The molecular formula is C15H23BrN2. The lowest BCUT2D eigenvalue weighted by Gasteiger charge is -2.34. The molecule has 100 valence electrons. The largest absolute Gasteiger partial charge is 0.369 e. The van der Waals surface area contributed by atoms with E-state index in [1.165, 1.54) is 22.1 Å².